The molecule has 1 atom stereocenters. The van der Waals surface area contributed by atoms with E-state index < -0.39 is 10.0 Å². The van der Waals surface area contributed by atoms with Crippen molar-refractivity contribution in [3.63, 3.8) is 0 Å². The molecule has 0 bridgehead atoms. The summed E-state index contributed by atoms with van der Waals surface area (Å²) in [6.45, 7) is 3.98. The summed E-state index contributed by atoms with van der Waals surface area (Å²) in [6.07, 6.45) is 0.720. The molecule has 118 valence electrons. The van der Waals surface area contributed by atoms with Crippen LogP contribution in [0.5, 0.6) is 0 Å². The van der Waals surface area contributed by atoms with Crippen LogP contribution in [0.25, 0.3) is 0 Å². The van der Waals surface area contributed by atoms with Crippen molar-refractivity contribution in [3.05, 3.63) is 29.8 Å². The number of hydrogen-bond donors (Lipinski definition) is 2. The van der Waals surface area contributed by atoms with E-state index in [1.165, 1.54) is 13.1 Å². The van der Waals surface area contributed by atoms with Gasteiger partial charge in [0.2, 0.25) is 15.9 Å². The third kappa shape index (κ3) is 4.52. The van der Waals surface area contributed by atoms with Gasteiger partial charge >= 0.3 is 0 Å². The van der Waals surface area contributed by atoms with Gasteiger partial charge in [0.05, 0.1) is 11.4 Å². The van der Waals surface area contributed by atoms with E-state index >= 15 is 0 Å². The zero-order chi connectivity index (χ0) is 16.0. The van der Waals surface area contributed by atoms with Gasteiger partial charge in [0.1, 0.15) is 0 Å². The Morgan fingerprint density at radius 1 is 1.38 bits per heavy atom. The number of carbonyl (C=O) groups is 1. The van der Waals surface area contributed by atoms with Crippen LogP contribution in [0.2, 0.25) is 0 Å². The van der Waals surface area contributed by atoms with Crippen LogP contribution < -0.4 is 11.1 Å². The molecule has 3 N–H and O–H groups in total. The summed E-state index contributed by atoms with van der Waals surface area (Å²) >= 11 is 0. The SMILES string of the molecule is CCNC(=O)CN(C)S(=O)(=O)c1cccc(C(N)CC)c1. The molecule has 0 aliphatic rings. The highest BCUT2D eigenvalue weighted by Crippen LogP contribution is 2.20. The fourth-order valence-corrected chi connectivity index (χ4v) is 3.04. The van der Waals surface area contributed by atoms with Crippen molar-refractivity contribution in [2.75, 3.05) is 20.1 Å². The molecular formula is C14H23N3O3S. The average Bonchev–Trinajstić information content (AvgIpc) is 2.46. The first kappa shape index (κ1) is 17.6. The highest BCUT2D eigenvalue weighted by Gasteiger charge is 2.23. The lowest BCUT2D eigenvalue weighted by atomic mass is 10.1. The zero-order valence-corrected chi connectivity index (χ0v) is 13.5. The summed E-state index contributed by atoms with van der Waals surface area (Å²) < 4.78 is 25.9. The molecule has 0 radical (unpaired) electrons. The largest absolute Gasteiger partial charge is 0.355 e. The molecule has 0 spiro atoms. The van der Waals surface area contributed by atoms with Gasteiger partial charge in [-0.1, -0.05) is 19.1 Å². The molecule has 1 amide bonds. The Balaban J connectivity index is 2.99. The van der Waals surface area contributed by atoms with E-state index in [2.05, 4.69) is 5.32 Å². The maximum Gasteiger partial charge on any atom is 0.243 e. The number of amides is 1. The monoisotopic (exact) mass is 313 g/mol. The summed E-state index contributed by atoms with van der Waals surface area (Å²) in [5, 5.41) is 2.57. The molecular weight excluding hydrogens is 290 g/mol. The molecule has 7 heteroatoms. The number of likely N-dealkylation sites (N-methyl/N-ethyl adjacent to an activating group) is 2. The third-order valence-electron chi connectivity index (χ3n) is 3.17. The van der Waals surface area contributed by atoms with Crippen LogP contribution in [0.1, 0.15) is 31.9 Å². The fraction of sp³-hybridized carbons (Fsp3) is 0.500. The van der Waals surface area contributed by atoms with Crippen LogP contribution in [0.15, 0.2) is 29.2 Å². The first-order valence-electron chi connectivity index (χ1n) is 6.91. The molecule has 0 saturated carbocycles. The lowest BCUT2D eigenvalue weighted by Gasteiger charge is -2.18. The number of sulfonamides is 1. The highest BCUT2D eigenvalue weighted by molar-refractivity contribution is 7.89. The molecule has 1 unspecified atom stereocenters. The van der Waals surface area contributed by atoms with E-state index in [4.69, 9.17) is 5.73 Å². The summed E-state index contributed by atoms with van der Waals surface area (Å²) in [6, 6.07) is 6.34. The summed E-state index contributed by atoms with van der Waals surface area (Å²) in [4.78, 5) is 11.7. The molecule has 0 heterocycles. The lowest BCUT2D eigenvalue weighted by Crippen LogP contribution is -2.38. The molecule has 1 aromatic carbocycles. The minimum Gasteiger partial charge on any atom is -0.355 e. The van der Waals surface area contributed by atoms with E-state index in [0.29, 0.717) is 6.54 Å². The van der Waals surface area contributed by atoms with Crippen molar-refractivity contribution in [3.8, 4) is 0 Å². The van der Waals surface area contributed by atoms with Crippen molar-refractivity contribution in [2.24, 2.45) is 5.73 Å². The van der Waals surface area contributed by atoms with Crippen molar-refractivity contribution >= 4 is 15.9 Å². The summed E-state index contributed by atoms with van der Waals surface area (Å²) in [7, 11) is -2.31. The fourth-order valence-electron chi connectivity index (χ4n) is 1.86. The van der Waals surface area contributed by atoms with Crippen LogP contribution in [-0.4, -0.2) is 38.8 Å². The van der Waals surface area contributed by atoms with Gasteiger partial charge in [-0.2, -0.15) is 4.31 Å². The van der Waals surface area contributed by atoms with Crippen LogP contribution in [-0.2, 0) is 14.8 Å². The molecule has 0 fully saturated rings. The number of rotatable bonds is 7. The number of nitrogens with zero attached hydrogens (tertiary/aromatic N) is 1. The Labute approximate surface area is 126 Å². The van der Waals surface area contributed by atoms with Crippen molar-refractivity contribution in [2.45, 2.75) is 31.2 Å². The average molecular weight is 313 g/mol. The van der Waals surface area contributed by atoms with E-state index in [9.17, 15) is 13.2 Å². The van der Waals surface area contributed by atoms with E-state index in [1.807, 2.05) is 6.92 Å². The molecule has 0 saturated heterocycles. The van der Waals surface area contributed by atoms with Crippen molar-refractivity contribution < 1.29 is 13.2 Å². The summed E-state index contributed by atoms with van der Waals surface area (Å²) in [5.41, 5.74) is 6.70. The number of hydrogen-bond acceptors (Lipinski definition) is 4. The molecule has 6 nitrogen and oxygen atoms in total. The smallest absolute Gasteiger partial charge is 0.243 e. The normalized spacial score (nSPS) is 13.2. The van der Waals surface area contributed by atoms with Gasteiger partial charge in [-0.3, -0.25) is 4.79 Å². The number of benzene rings is 1. The Hall–Kier alpha value is -1.44. The summed E-state index contributed by atoms with van der Waals surface area (Å²) in [5.74, 6) is -0.329. The van der Waals surface area contributed by atoms with Gasteiger partial charge in [-0.15, -0.1) is 0 Å². The Kier molecular flexibility index (Phi) is 6.32. The second-order valence-corrected chi connectivity index (χ2v) is 6.85. The lowest BCUT2D eigenvalue weighted by molar-refractivity contribution is -0.121. The van der Waals surface area contributed by atoms with E-state index in [0.717, 1.165) is 16.3 Å². The predicted octanol–water partition coefficient (Wildman–Crippen LogP) is 0.853. The Morgan fingerprint density at radius 2 is 2.05 bits per heavy atom. The van der Waals surface area contributed by atoms with Gasteiger partial charge < -0.3 is 11.1 Å². The first-order valence-corrected chi connectivity index (χ1v) is 8.35. The second kappa shape index (κ2) is 7.53. The number of nitrogens with one attached hydrogen (secondary N) is 1. The highest BCUT2D eigenvalue weighted by atomic mass is 32.2. The molecule has 1 aromatic rings. The first-order chi connectivity index (χ1) is 9.82. The molecule has 0 aliphatic carbocycles. The number of carbonyl (C=O) groups excluding carboxylic acids is 1. The predicted molar refractivity (Wildman–Crippen MR) is 82.2 cm³/mol. The molecule has 0 aromatic heterocycles. The second-order valence-electron chi connectivity index (χ2n) is 4.80. The van der Waals surface area contributed by atoms with Gasteiger partial charge in [-0.25, -0.2) is 8.42 Å². The Bertz CT molecular complexity index is 587. The maximum absolute atomic E-state index is 12.4. The minimum atomic E-state index is -3.70. The van der Waals surface area contributed by atoms with Gasteiger partial charge in [0.15, 0.2) is 0 Å². The van der Waals surface area contributed by atoms with Crippen LogP contribution in [0, 0.1) is 0 Å². The van der Waals surface area contributed by atoms with E-state index in [-0.39, 0.29) is 23.4 Å². The number of nitrogens with two attached hydrogens (primary N) is 1. The van der Waals surface area contributed by atoms with Crippen LogP contribution in [0.4, 0.5) is 0 Å². The van der Waals surface area contributed by atoms with Gasteiger partial charge in [0.25, 0.3) is 0 Å². The minimum absolute atomic E-state index is 0.149. The molecule has 1 rings (SSSR count). The van der Waals surface area contributed by atoms with Crippen LogP contribution >= 0.6 is 0 Å². The maximum atomic E-state index is 12.4. The van der Waals surface area contributed by atoms with E-state index in [1.54, 1.807) is 25.1 Å². The quantitative estimate of drug-likeness (QED) is 0.780. The standard InChI is InChI=1S/C14H23N3O3S/c1-4-13(15)11-7-6-8-12(9-11)21(19,20)17(3)10-14(18)16-5-2/h6-9,13H,4-5,10,15H2,1-3H3,(H,16,18). The van der Waals surface area contributed by atoms with Crippen LogP contribution in [0.3, 0.4) is 0 Å². The molecule has 21 heavy (non-hydrogen) atoms. The topological polar surface area (TPSA) is 92.5 Å². The third-order valence-corrected chi connectivity index (χ3v) is 4.97. The van der Waals surface area contributed by atoms with Gasteiger partial charge in [-0.05, 0) is 31.0 Å². The Morgan fingerprint density at radius 3 is 2.62 bits per heavy atom. The van der Waals surface area contributed by atoms with Crippen molar-refractivity contribution in [1.82, 2.24) is 9.62 Å². The molecule has 0 aliphatic heterocycles. The van der Waals surface area contributed by atoms with Gasteiger partial charge in [0, 0.05) is 19.6 Å². The zero-order valence-electron chi connectivity index (χ0n) is 12.7. The van der Waals surface area contributed by atoms with Crippen molar-refractivity contribution in [1.29, 1.82) is 0 Å².